The number of benzene rings is 2. The molecule has 2 aliphatic rings. The Morgan fingerprint density at radius 1 is 1.18 bits per heavy atom. The molecule has 0 saturated carbocycles. The van der Waals surface area contributed by atoms with E-state index in [4.69, 9.17) is 16.3 Å². The molecule has 0 radical (unpaired) electrons. The lowest BCUT2D eigenvalue weighted by atomic mass is 9.96. The Morgan fingerprint density at radius 2 is 1.96 bits per heavy atom. The first-order valence-electron chi connectivity index (χ1n) is 9.92. The van der Waals surface area contributed by atoms with E-state index in [1.165, 1.54) is 0 Å². The smallest absolute Gasteiger partial charge is 0.231 e. The van der Waals surface area contributed by atoms with Gasteiger partial charge in [0, 0.05) is 31.2 Å². The normalized spacial score (nSPS) is 19.6. The molecule has 0 aliphatic carbocycles. The molecule has 1 N–H and O–H groups in total. The largest absolute Gasteiger partial charge is 0.492 e. The van der Waals surface area contributed by atoms with Gasteiger partial charge in [0.05, 0.1) is 17.3 Å². The number of anilines is 2. The summed E-state index contributed by atoms with van der Waals surface area (Å²) >= 11 is 6.10. The van der Waals surface area contributed by atoms with Gasteiger partial charge in [0.2, 0.25) is 5.91 Å². The van der Waals surface area contributed by atoms with Crippen LogP contribution in [0.25, 0.3) is 0 Å². The van der Waals surface area contributed by atoms with Crippen LogP contribution >= 0.6 is 11.6 Å². The third-order valence-corrected chi connectivity index (χ3v) is 5.86. The first-order valence-corrected chi connectivity index (χ1v) is 10.3. The maximum atomic E-state index is 12.9. The first-order chi connectivity index (χ1) is 13.6. The second-order valence-corrected chi connectivity index (χ2v) is 7.83. The minimum absolute atomic E-state index is 0.00901. The summed E-state index contributed by atoms with van der Waals surface area (Å²) in [6.45, 7) is 7.70. The summed E-state index contributed by atoms with van der Waals surface area (Å²) in [5.41, 5.74) is 2.95. The Balaban J connectivity index is 1.45. The number of fused-ring (bicyclic) bond motifs is 1. The third-order valence-electron chi connectivity index (χ3n) is 5.62. The summed E-state index contributed by atoms with van der Waals surface area (Å²) in [7, 11) is 0. The molecule has 0 bridgehead atoms. The Morgan fingerprint density at radius 3 is 2.75 bits per heavy atom. The van der Waals surface area contributed by atoms with E-state index in [0.717, 1.165) is 55.4 Å². The number of carbonyl (C=O) groups is 1. The van der Waals surface area contributed by atoms with Crippen LogP contribution in [0.4, 0.5) is 11.4 Å². The number of piperazine rings is 1. The fourth-order valence-electron chi connectivity index (χ4n) is 3.93. The van der Waals surface area contributed by atoms with E-state index in [1.807, 2.05) is 36.4 Å². The van der Waals surface area contributed by atoms with Crippen LogP contribution in [0.15, 0.2) is 42.5 Å². The quantitative estimate of drug-likeness (QED) is 0.851. The van der Waals surface area contributed by atoms with Crippen LogP contribution < -0.4 is 15.0 Å². The first kappa shape index (κ1) is 19.1. The average Bonchev–Trinajstić information content (AvgIpc) is 2.73. The van der Waals surface area contributed by atoms with Crippen LogP contribution in [0, 0.1) is 5.92 Å². The van der Waals surface area contributed by atoms with Gasteiger partial charge in [-0.05, 0) is 48.9 Å². The van der Waals surface area contributed by atoms with Gasteiger partial charge >= 0.3 is 0 Å². The van der Waals surface area contributed by atoms with Crippen molar-refractivity contribution >= 4 is 28.9 Å². The van der Waals surface area contributed by atoms with Crippen molar-refractivity contribution in [2.75, 3.05) is 49.5 Å². The van der Waals surface area contributed by atoms with E-state index in [9.17, 15) is 4.79 Å². The molecule has 1 fully saturated rings. The van der Waals surface area contributed by atoms with E-state index in [1.54, 1.807) is 0 Å². The highest BCUT2D eigenvalue weighted by Gasteiger charge is 2.27. The highest BCUT2D eigenvalue weighted by Crippen LogP contribution is 2.32. The second-order valence-electron chi connectivity index (χ2n) is 7.39. The van der Waals surface area contributed by atoms with E-state index in [2.05, 4.69) is 28.1 Å². The number of halogens is 1. The second kappa shape index (κ2) is 8.41. The number of nitrogens with zero attached hydrogens (tertiary/aromatic N) is 2. The standard InChI is InChI=1S/C22H26ClN3O2/c1-2-25-9-11-26(12-10-25)20-6-4-3-5-19(20)24-22(27)17-13-16-14-18(23)7-8-21(16)28-15-17/h3-8,14,17H,2,9-13,15H2,1H3,(H,24,27). The van der Waals surface area contributed by atoms with Crippen molar-refractivity contribution in [3.05, 3.63) is 53.1 Å². The van der Waals surface area contributed by atoms with Crippen LogP contribution in [0.5, 0.6) is 5.75 Å². The molecule has 1 amide bonds. The molecule has 148 valence electrons. The minimum atomic E-state index is -0.226. The molecule has 1 saturated heterocycles. The zero-order valence-electron chi connectivity index (χ0n) is 16.2. The summed E-state index contributed by atoms with van der Waals surface area (Å²) in [5.74, 6) is 0.587. The summed E-state index contributed by atoms with van der Waals surface area (Å²) in [6.07, 6.45) is 0.638. The molecule has 2 heterocycles. The van der Waals surface area contributed by atoms with Crippen molar-refractivity contribution in [3.63, 3.8) is 0 Å². The molecule has 2 aliphatic heterocycles. The lowest BCUT2D eigenvalue weighted by molar-refractivity contribution is -0.121. The van der Waals surface area contributed by atoms with Gasteiger partial charge in [-0.3, -0.25) is 4.79 Å². The lowest BCUT2D eigenvalue weighted by Gasteiger charge is -2.36. The van der Waals surface area contributed by atoms with E-state index < -0.39 is 0 Å². The third kappa shape index (κ3) is 4.10. The van der Waals surface area contributed by atoms with Crippen LogP contribution in [0.3, 0.4) is 0 Å². The Hall–Kier alpha value is -2.24. The number of amides is 1. The monoisotopic (exact) mass is 399 g/mol. The lowest BCUT2D eigenvalue weighted by Crippen LogP contribution is -2.46. The highest BCUT2D eigenvalue weighted by atomic mass is 35.5. The summed E-state index contributed by atoms with van der Waals surface area (Å²) in [4.78, 5) is 17.7. The fourth-order valence-corrected chi connectivity index (χ4v) is 4.12. The SMILES string of the molecule is CCN1CCN(c2ccccc2NC(=O)C2COc3ccc(Cl)cc3C2)CC1. The van der Waals surface area contributed by atoms with Gasteiger partial charge in [0.15, 0.2) is 0 Å². The van der Waals surface area contributed by atoms with Crippen molar-refractivity contribution in [3.8, 4) is 5.75 Å². The molecule has 6 heteroatoms. The number of hydrogen-bond donors (Lipinski definition) is 1. The van der Waals surface area contributed by atoms with Gasteiger partial charge in [-0.15, -0.1) is 0 Å². The van der Waals surface area contributed by atoms with Gasteiger partial charge in [0.25, 0.3) is 0 Å². The average molecular weight is 400 g/mol. The van der Waals surface area contributed by atoms with E-state index in [0.29, 0.717) is 18.1 Å². The topological polar surface area (TPSA) is 44.8 Å². The van der Waals surface area contributed by atoms with Gasteiger partial charge in [-0.1, -0.05) is 30.7 Å². The molecule has 4 rings (SSSR count). The van der Waals surface area contributed by atoms with Crippen LogP contribution in [0.1, 0.15) is 12.5 Å². The van der Waals surface area contributed by atoms with Crippen molar-refractivity contribution in [2.24, 2.45) is 5.92 Å². The summed E-state index contributed by atoms with van der Waals surface area (Å²) in [5, 5.41) is 3.81. The Bertz CT molecular complexity index is 849. The number of likely N-dealkylation sites (N-methyl/N-ethyl adjacent to an activating group) is 1. The molecule has 28 heavy (non-hydrogen) atoms. The number of rotatable bonds is 4. The van der Waals surface area contributed by atoms with Gasteiger partial charge < -0.3 is 19.9 Å². The minimum Gasteiger partial charge on any atom is -0.492 e. The zero-order valence-corrected chi connectivity index (χ0v) is 16.9. The number of ether oxygens (including phenoxy) is 1. The van der Waals surface area contributed by atoms with Gasteiger partial charge in [-0.25, -0.2) is 0 Å². The van der Waals surface area contributed by atoms with Crippen LogP contribution in [0.2, 0.25) is 5.02 Å². The van der Waals surface area contributed by atoms with Gasteiger partial charge in [0.1, 0.15) is 12.4 Å². The maximum Gasteiger partial charge on any atom is 0.231 e. The Kier molecular flexibility index (Phi) is 5.74. The molecule has 2 aromatic rings. The number of hydrogen-bond acceptors (Lipinski definition) is 4. The fraction of sp³-hybridized carbons (Fsp3) is 0.409. The van der Waals surface area contributed by atoms with Crippen molar-refractivity contribution in [2.45, 2.75) is 13.3 Å². The summed E-state index contributed by atoms with van der Waals surface area (Å²) < 4.78 is 5.79. The predicted octanol–water partition coefficient (Wildman–Crippen LogP) is 3.67. The van der Waals surface area contributed by atoms with E-state index in [-0.39, 0.29) is 11.8 Å². The predicted molar refractivity (Wildman–Crippen MR) is 114 cm³/mol. The molecule has 0 spiro atoms. The highest BCUT2D eigenvalue weighted by molar-refractivity contribution is 6.30. The number of carbonyl (C=O) groups excluding carboxylic acids is 1. The van der Waals surface area contributed by atoms with Crippen molar-refractivity contribution < 1.29 is 9.53 Å². The molecular formula is C22H26ClN3O2. The molecule has 1 atom stereocenters. The molecule has 2 aromatic carbocycles. The van der Waals surface area contributed by atoms with Crippen molar-refractivity contribution in [1.82, 2.24) is 4.90 Å². The van der Waals surface area contributed by atoms with Crippen LogP contribution in [-0.2, 0) is 11.2 Å². The summed E-state index contributed by atoms with van der Waals surface area (Å²) in [6, 6.07) is 13.6. The molecular weight excluding hydrogens is 374 g/mol. The zero-order chi connectivity index (χ0) is 19.5. The molecule has 0 aromatic heterocycles. The maximum absolute atomic E-state index is 12.9. The molecule has 1 unspecified atom stereocenters. The van der Waals surface area contributed by atoms with Gasteiger partial charge in [-0.2, -0.15) is 0 Å². The Labute approximate surface area is 171 Å². The molecule has 5 nitrogen and oxygen atoms in total. The number of nitrogens with one attached hydrogen (secondary N) is 1. The number of para-hydroxylation sites is 2. The van der Waals surface area contributed by atoms with Crippen molar-refractivity contribution in [1.29, 1.82) is 0 Å². The van der Waals surface area contributed by atoms with E-state index >= 15 is 0 Å². The van der Waals surface area contributed by atoms with Crippen LogP contribution in [-0.4, -0.2) is 50.1 Å².